The summed E-state index contributed by atoms with van der Waals surface area (Å²) in [6, 6.07) is 7.04. The van der Waals surface area contributed by atoms with Crippen molar-refractivity contribution in [3.05, 3.63) is 30.5 Å². The lowest BCUT2D eigenvalue weighted by Crippen LogP contribution is -1.95. The van der Waals surface area contributed by atoms with Crippen LogP contribution in [-0.4, -0.2) is 20.4 Å². The monoisotopic (exact) mass is 173 g/mol. The highest BCUT2D eigenvalue weighted by Gasteiger charge is 1.99. The quantitative estimate of drug-likeness (QED) is 0.680. The van der Waals surface area contributed by atoms with E-state index in [0.717, 1.165) is 0 Å². The van der Waals surface area contributed by atoms with Crippen LogP contribution in [0.2, 0.25) is 0 Å². The Labute approximate surface area is 74.6 Å². The highest BCUT2D eigenvalue weighted by molar-refractivity contribution is 5.53. The maximum Gasteiger partial charge on any atom is 0.146 e. The molecule has 0 saturated heterocycles. The molecule has 0 aliphatic rings. The number of hydrogen-bond acceptors (Lipinski definition) is 5. The van der Waals surface area contributed by atoms with Gasteiger partial charge >= 0.3 is 0 Å². The van der Waals surface area contributed by atoms with Crippen molar-refractivity contribution in [3.63, 3.8) is 0 Å². The van der Waals surface area contributed by atoms with E-state index >= 15 is 0 Å². The molecule has 0 unspecified atom stereocenters. The van der Waals surface area contributed by atoms with Gasteiger partial charge in [-0.2, -0.15) is 5.10 Å². The van der Waals surface area contributed by atoms with Gasteiger partial charge in [0.25, 0.3) is 0 Å². The molecule has 0 atom stereocenters. The predicted molar refractivity (Wildman–Crippen MR) is 47.5 cm³/mol. The van der Waals surface area contributed by atoms with Crippen LogP contribution in [0.25, 0.3) is 11.4 Å². The van der Waals surface area contributed by atoms with Crippen molar-refractivity contribution in [1.82, 2.24) is 20.4 Å². The molecule has 5 nitrogen and oxygen atoms in total. The first-order chi connectivity index (χ1) is 6.36. The molecule has 2 aromatic rings. The van der Waals surface area contributed by atoms with E-state index in [4.69, 9.17) is 5.73 Å². The van der Waals surface area contributed by atoms with Gasteiger partial charge in [-0.05, 0) is 24.3 Å². The normalized spacial score (nSPS) is 9.85. The zero-order valence-corrected chi connectivity index (χ0v) is 6.75. The van der Waals surface area contributed by atoms with Crippen LogP contribution in [0.15, 0.2) is 30.5 Å². The van der Waals surface area contributed by atoms with Gasteiger partial charge in [0, 0.05) is 6.20 Å². The largest absolute Gasteiger partial charge is 0.382 e. The molecular weight excluding hydrogens is 166 g/mol. The van der Waals surface area contributed by atoms with Gasteiger partial charge in [-0.3, -0.25) is 0 Å². The van der Waals surface area contributed by atoms with Crippen molar-refractivity contribution >= 4 is 5.82 Å². The fraction of sp³-hybridized carbons (Fsp3) is 0. The van der Waals surface area contributed by atoms with Gasteiger partial charge in [0.05, 0.1) is 0 Å². The Morgan fingerprint density at radius 2 is 1.77 bits per heavy atom. The number of hydrogen-bond donors (Lipinski definition) is 1. The van der Waals surface area contributed by atoms with Gasteiger partial charge < -0.3 is 5.73 Å². The van der Waals surface area contributed by atoms with E-state index in [9.17, 15) is 0 Å². The molecule has 64 valence electrons. The molecule has 5 heteroatoms. The van der Waals surface area contributed by atoms with E-state index in [1.165, 1.54) is 0 Å². The van der Waals surface area contributed by atoms with E-state index < -0.39 is 0 Å². The molecule has 2 rings (SSSR count). The van der Waals surface area contributed by atoms with Crippen LogP contribution in [-0.2, 0) is 0 Å². The fourth-order valence-electron chi connectivity index (χ4n) is 0.917. The van der Waals surface area contributed by atoms with Gasteiger partial charge in [0.1, 0.15) is 17.2 Å². The lowest BCUT2D eigenvalue weighted by Gasteiger charge is -1.96. The molecule has 0 fully saturated rings. The maximum absolute atomic E-state index is 5.40. The van der Waals surface area contributed by atoms with Crippen molar-refractivity contribution in [3.8, 4) is 11.4 Å². The molecule has 0 radical (unpaired) electrons. The predicted octanol–water partition coefficient (Wildman–Crippen LogP) is 0.516. The Hall–Kier alpha value is -2.04. The molecule has 0 aliphatic heterocycles. The van der Waals surface area contributed by atoms with Crippen molar-refractivity contribution in [2.24, 2.45) is 0 Å². The first kappa shape index (κ1) is 7.60. The Balaban J connectivity index is 2.42. The minimum absolute atomic E-state index is 0.396. The van der Waals surface area contributed by atoms with Gasteiger partial charge in [-0.1, -0.05) is 0 Å². The molecule has 2 aromatic heterocycles. The van der Waals surface area contributed by atoms with Crippen LogP contribution in [0.5, 0.6) is 0 Å². The third-order valence-corrected chi connectivity index (χ3v) is 1.52. The molecule has 0 aliphatic carbocycles. The average molecular weight is 173 g/mol. The molecule has 0 aromatic carbocycles. The van der Waals surface area contributed by atoms with Gasteiger partial charge in [-0.15, -0.1) is 15.3 Å². The Morgan fingerprint density at radius 3 is 2.38 bits per heavy atom. The number of aromatic nitrogens is 4. The summed E-state index contributed by atoms with van der Waals surface area (Å²) in [6.07, 6.45) is 1.61. The minimum atomic E-state index is 0.396. The topological polar surface area (TPSA) is 77.6 Å². The number of nitrogen functional groups attached to an aromatic ring is 1. The molecule has 0 amide bonds. The highest BCUT2D eigenvalue weighted by Crippen LogP contribution is 2.11. The summed E-state index contributed by atoms with van der Waals surface area (Å²) >= 11 is 0. The van der Waals surface area contributed by atoms with Crippen molar-refractivity contribution < 1.29 is 0 Å². The van der Waals surface area contributed by atoms with Gasteiger partial charge in [-0.25, -0.2) is 0 Å². The lowest BCUT2D eigenvalue weighted by atomic mass is 10.3. The van der Waals surface area contributed by atoms with E-state index in [0.29, 0.717) is 17.2 Å². The SMILES string of the molecule is Nc1ccc(-c2cccnn2)nn1. The van der Waals surface area contributed by atoms with Crippen LogP contribution in [0, 0.1) is 0 Å². The van der Waals surface area contributed by atoms with E-state index in [-0.39, 0.29) is 0 Å². The van der Waals surface area contributed by atoms with Gasteiger partial charge in [0.2, 0.25) is 0 Å². The van der Waals surface area contributed by atoms with E-state index in [1.54, 1.807) is 24.4 Å². The summed E-state index contributed by atoms with van der Waals surface area (Å²) in [4.78, 5) is 0. The van der Waals surface area contributed by atoms with E-state index in [1.807, 2.05) is 6.07 Å². The zero-order valence-electron chi connectivity index (χ0n) is 6.75. The third-order valence-electron chi connectivity index (χ3n) is 1.52. The Bertz CT molecular complexity index is 383. The summed E-state index contributed by atoms with van der Waals surface area (Å²) in [6.45, 7) is 0. The fourth-order valence-corrected chi connectivity index (χ4v) is 0.917. The standard InChI is InChI=1S/C8H7N5/c9-8-4-3-7(12-13-8)6-2-1-5-10-11-6/h1-5H,(H2,9,13). The molecule has 0 saturated carbocycles. The van der Waals surface area contributed by atoms with Crippen LogP contribution in [0.3, 0.4) is 0 Å². The first-order valence-electron chi connectivity index (χ1n) is 3.73. The zero-order chi connectivity index (χ0) is 9.10. The minimum Gasteiger partial charge on any atom is -0.382 e. The highest BCUT2D eigenvalue weighted by atomic mass is 15.2. The van der Waals surface area contributed by atoms with Crippen molar-refractivity contribution in [2.45, 2.75) is 0 Å². The molecule has 0 spiro atoms. The molecule has 2 heterocycles. The number of nitrogens with two attached hydrogens (primary N) is 1. The number of anilines is 1. The van der Waals surface area contributed by atoms with Crippen LogP contribution >= 0.6 is 0 Å². The van der Waals surface area contributed by atoms with Crippen LogP contribution < -0.4 is 5.73 Å². The summed E-state index contributed by atoms with van der Waals surface area (Å²) in [7, 11) is 0. The summed E-state index contributed by atoms with van der Waals surface area (Å²) in [5.74, 6) is 0.396. The van der Waals surface area contributed by atoms with Gasteiger partial charge in [0.15, 0.2) is 0 Å². The number of nitrogens with zero attached hydrogens (tertiary/aromatic N) is 4. The second kappa shape index (κ2) is 3.14. The van der Waals surface area contributed by atoms with Crippen LogP contribution in [0.1, 0.15) is 0 Å². The summed E-state index contributed by atoms with van der Waals surface area (Å²) in [5.41, 5.74) is 6.75. The summed E-state index contributed by atoms with van der Waals surface area (Å²) in [5, 5.41) is 15.2. The van der Waals surface area contributed by atoms with Crippen molar-refractivity contribution in [1.29, 1.82) is 0 Å². The second-order valence-corrected chi connectivity index (χ2v) is 2.45. The van der Waals surface area contributed by atoms with Crippen LogP contribution in [0.4, 0.5) is 5.82 Å². The summed E-state index contributed by atoms with van der Waals surface area (Å²) < 4.78 is 0. The molecule has 2 N–H and O–H groups in total. The molecule has 13 heavy (non-hydrogen) atoms. The Kier molecular flexibility index (Phi) is 1.84. The smallest absolute Gasteiger partial charge is 0.146 e. The maximum atomic E-state index is 5.40. The second-order valence-electron chi connectivity index (χ2n) is 2.45. The van der Waals surface area contributed by atoms with E-state index in [2.05, 4.69) is 20.4 Å². The first-order valence-corrected chi connectivity index (χ1v) is 3.73. The Morgan fingerprint density at radius 1 is 0.923 bits per heavy atom. The van der Waals surface area contributed by atoms with Crippen molar-refractivity contribution in [2.75, 3.05) is 5.73 Å². The lowest BCUT2D eigenvalue weighted by molar-refractivity contribution is 0.994. The average Bonchev–Trinajstić information content (AvgIpc) is 2.20. The molecular formula is C8H7N5. The molecule has 0 bridgehead atoms. The number of rotatable bonds is 1. The third kappa shape index (κ3) is 1.58.